The van der Waals surface area contributed by atoms with Gasteiger partial charge in [0.1, 0.15) is 0 Å². The van der Waals surface area contributed by atoms with E-state index < -0.39 is 0 Å². The van der Waals surface area contributed by atoms with Gasteiger partial charge in [-0.15, -0.1) is 0 Å². The Morgan fingerprint density at radius 3 is 1.90 bits per heavy atom. The fraction of sp³-hybridized carbons (Fsp3) is 0.316. The molecule has 0 saturated heterocycles. The molecule has 0 unspecified atom stereocenters. The first-order chi connectivity index (χ1) is 10.2. The first-order valence-corrected chi connectivity index (χ1v) is 8.72. The Bertz CT molecular complexity index is 607. The van der Waals surface area contributed by atoms with Gasteiger partial charge >= 0.3 is 0 Å². The van der Waals surface area contributed by atoms with Gasteiger partial charge < -0.3 is 0 Å². The summed E-state index contributed by atoms with van der Waals surface area (Å²) in [6, 6.07) is 16.0. The van der Waals surface area contributed by atoms with Gasteiger partial charge in [-0.25, -0.2) is 0 Å². The molecule has 1 aliphatic rings. The molecule has 3 rings (SSSR count). The van der Waals surface area contributed by atoms with Crippen LogP contribution in [-0.2, 0) is 0 Å². The molecular weight excluding hydrogens is 371 g/mol. The zero-order valence-corrected chi connectivity index (χ0v) is 14.2. The zero-order valence-electron chi connectivity index (χ0n) is 12.0. The van der Waals surface area contributed by atoms with E-state index in [1.165, 1.54) is 37.7 Å². The molecular formula is C19H19IO. The molecule has 2 aromatic carbocycles. The Morgan fingerprint density at radius 2 is 1.33 bits per heavy atom. The Morgan fingerprint density at radius 1 is 0.810 bits per heavy atom. The number of benzene rings is 2. The van der Waals surface area contributed by atoms with Crippen molar-refractivity contribution in [2.45, 2.75) is 38.0 Å². The van der Waals surface area contributed by atoms with E-state index in [4.69, 9.17) is 0 Å². The third-order valence-electron chi connectivity index (χ3n) is 4.36. The molecule has 0 amide bonds. The Labute approximate surface area is 139 Å². The van der Waals surface area contributed by atoms with Crippen LogP contribution in [-0.4, -0.2) is 5.78 Å². The SMILES string of the molecule is O=C(c1ccc(I)cc1)c1ccc(C2CCCCC2)cc1. The van der Waals surface area contributed by atoms with Crippen molar-refractivity contribution in [1.82, 2.24) is 0 Å². The molecule has 0 radical (unpaired) electrons. The summed E-state index contributed by atoms with van der Waals surface area (Å²) in [5.41, 5.74) is 2.95. The fourth-order valence-electron chi connectivity index (χ4n) is 3.11. The fourth-order valence-corrected chi connectivity index (χ4v) is 3.47. The van der Waals surface area contributed by atoms with Gasteiger partial charge in [-0.2, -0.15) is 0 Å². The molecule has 1 nitrogen and oxygen atoms in total. The van der Waals surface area contributed by atoms with Crippen molar-refractivity contribution in [3.8, 4) is 0 Å². The molecule has 0 N–H and O–H groups in total. The van der Waals surface area contributed by atoms with Crippen molar-refractivity contribution in [2.75, 3.05) is 0 Å². The van der Waals surface area contributed by atoms with Gasteiger partial charge in [0, 0.05) is 14.7 Å². The highest BCUT2D eigenvalue weighted by Crippen LogP contribution is 2.32. The molecule has 0 aliphatic heterocycles. The van der Waals surface area contributed by atoms with E-state index in [1.807, 2.05) is 36.4 Å². The number of ketones is 1. The number of hydrogen-bond acceptors (Lipinski definition) is 1. The molecule has 21 heavy (non-hydrogen) atoms. The van der Waals surface area contributed by atoms with E-state index in [9.17, 15) is 4.79 Å². The zero-order chi connectivity index (χ0) is 14.7. The van der Waals surface area contributed by atoms with Crippen molar-refractivity contribution in [3.05, 3.63) is 68.8 Å². The summed E-state index contributed by atoms with van der Waals surface area (Å²) in [5.74, 6) is 0.808. The van der Waals surface area contributed by atoms with Crippen LogP contribution in [0.25, 0.3) is 0 Å². The van der Waals surface area contributed by atoms with E-state index in [0.717, 1.165) is 14.7 Å². The molecule has 0 atom stereocenters. The van der Waals surface area contributed by atoms with Gasteiger partial charge in [0.2, 0.25) is 0 Å². The maximum atomic E-state index is 12.4. The lowest BCUT2D eigenvalue weighted by Crippen LogP contribution is -2.06. The van der Waals surface area contributed by atoms with Crippen molar-refractivity contribution in [1.29, 1.82) is 0 Å². The smallest absolute Gasteiger partial charge is 0.193 e. The lowest BCUT2D eigenvalue weighted by molar-refractivity contribution is 0.103. The molecule has 0 spiro atoms. The molecule has 2 heteroatoms. The molecule has 0 bridgehead atoms. The molecule has 0 heterocycles. The van der Waals surface area contributed by atoms with Crippen LogP contribution in [0.3, 0.4) is 0 Å². The Kier molecular flexibility index (Phi) is 4.73. The predicted molar refractivity (Wildman–Crippen MR) is 94.9 cm³/mol. The van der Waals surface area contributed by atoms with Crippen LogP contribution in [0.2, 0.25) is 0 Å². The minimum absolute atomic E-state index is 0.113. The van der Waals surface area contributed by atoms with Crippen molar-refractivity contribution >= 4 is 28.4 Å². The topological polar surface area (TPSA) is 17.1 Å². The van der Waals surface area contributed by atoms with Gasteiger partial charge in [0.15, 0.2) is 5.78 Å². The molecule has 2 aromatic rings. The minimum Gasteiger partial charge on any atom is -0.289 e. The second-order valence-corrected chi connectivity index (χ2v) is 7.04. The van der Waals surface area contributed by atoms with E-state index >= 15 is 0 Å². The Hall–Kier alpha value is -1.16. The van der Waals surface area contributed by atoms with E-state index in [2.05, 4.69) is 34.7 Å². The normalized spacial score (nSPS) is 15.9. The molecule has 0 aromatic heterocycles. The predicted octanol–water partition coefficient (Wildman–Crippen LogP) is 5.57. The summed E-state index contributed by atoms with van der Waals surface area (Å²) < 4.78 is 1.15. The quantitative estimate of drug-likeness (QED) is 0.495. The molecule has 1 saturated carbocycles. The summed E-state index contributed by atoms with van der Waals surface area (Å²) in [6.07, 6.45) is 6.65. The number of halogens is 1. The van der Waals surface area contributed by atoms with Gasteiger partial charge in [-0.05, 0) is 71.2 Å². The standard InChI is InChI=1S/C19H19IO/c20-18-12-10-17(11-13-18)19(21)16-8-6-15(7-9-16)14-4-2-1-3-5-14/h6-14H,1-5H2. The van der Waals surface area contributed by atoms with E-state index in [-0.39, 0.29) is 5.78 Å². The number of rotatable bonds is 3. The first kappa shape index (κ1) is 14.8. The van der Waals surface area contributed by atoms with Crippen molar-refractivity contribution < 1.29 is 4.79 Å². The highest BCUT2D eigenvalue weighted by Gasteiger charge is 2.16. The van der Waals surface area contributed by atoms with Crippen LogP contribution >= 0.6 is 22.6 Å². The van der Waals surface area contributed by atoms with Crippen LogP contribution in [0.4, 0.5) is 0 Å². The van der Waals surface area contributed by atoms with Gasteiger partial charge in [0.05, 0.1) is 0 Å². The first-order valence-electron chi connectivity index (χ1n) is 7.64. The highest BCUT2D eigenvalue weighted by atomic mass is 127. The van der Waals surface area contributed by atoms with Crippen molar-refractivity contribution in [2.24, 2.45) is 0 Å². The lowest BCUT2D eigenvalue weighted by atomic mass is 9.84. The monoisotopic (exact) mass is 390 g/mol. The van der Waals surface area contributed by atoms with Crippen molar-refractivity contribution in [3.63, 3.8) is 0 Å². The van der Waals surface area contributed by atoms with Gasteiger partial charge in [-0.1, -0.05) is 43.5 Å². The summed E-state index contributed by atoms with van der Waals surface area (Å²) in [6.45, 7) is 0. The second kappa shape index (κ2) is 6.73. The summed E-state index contributed by atoms with van der Waals surface area (Å²) >= 11 is 2.25. The van der Waals surface area contributed by atoms with Crippen LogP contribution < -0.4 is 0 Å². The van der Waals surface area contributed by atoms with Crippen LogP contribution in [0.5, 0.6) is 0 Å². The summed E-state index contributed by atoms with van der Waals surface area (Å²) in [5, 5.41) is 0. The maximum Gasteiger partial charge on any atom is 0.193 e. The molecule has 1 aliphatic carbocycles. The van der Waals surface area contributed by atoms with Gasteiger partial charge in [0.25, 0.3) is 0 Å². The third-order valence-corrected chi connectivity index (χ3v) is 5.08. The summed E-state index contributed by atoms with van der Waals surface area (Å²) in [4.78, 5) is 12.4. The van der Waals surface area contributed by atoms with Crippen LogP contribution in [0.1, 0.15) is 59.5 Å². The van der Waals surface area contributed by atoms with Crippen LogP contribution in [0.15, 0.2) is 48.5 Å². The second-order valence-electron chi connectivity index (χ2n) is 5.79. The third kappa shape index (κ3) is 3.54. The van der Waals surface area contributed by atoms with E-state index in [1.54, 1.807) is 0 Å². The summed E-state index contributed by atoms with van der Waals surface area (Å²) in [7, 11) is 0. The molecule has 108 valence electrons. The maximum absolute atomic E-state index is 12.4. The Balaban J connectivity index is 1.77. The number of hydrogen-bond donors (Lipinski definition) is 0. The van der Waals surface area contributed by atoms with E-state index in [0.29, 0.717) is 5.92 Å². The number of carbonyl (C=O) groups is 1. The van der Waals surface area contributed by atoms with Crippen LogP contribution in [0, 0.1) is 3.57 Å². The average molecular weight is 390 g/mol. The minimum atomic E-state index is 0.113. The number of carbonyl (C=O) groups excluding carboxylic acids is 1. The van der Waals surface area contributed by atoms with Gasteiger partial charge in [-0.3, -0.25) is 4.79 Å². The lowest BCUT2D eigenvalue weighted by Gasteiger charge is -2.22. The molecule has 1 fully saturated rings. The average Bonchev–Trinajstić information content (AvgIpc) is 2.56. The largest absolute Gasteiger partial charge is 0.289 e. The highest BCUT2D eigenvalue weighted by molar-refractivity contribution is 14.1.